The van der Waals surface area contributed by atoms with Crippen molar-refractivity contribution in [1.29, 1.82) is 0 Å². The molecule has 0 unspecified atom stereocenters. The molecule has 2 aromatic heterocycles. The Hall–Kier alpha value is -3.18. The number of hydrogen-bond donors (Lipinski definition) is 2. The van der Waals surface area contributed by atoms with Crippen LogP contribution in [0.1, 0.15) is 24.3 Å². The molecule has 0 saturated carbocycles. The van der Waals surface area contributed by atoms with Crippen molar-refractivity contribution in [2.75, 3.05) is 18.4 Å². The first-order valence-electron chi connectivity index (χ1n) is 8.90. The number of aromatic amines is 1. The van der Waals surface area contributed by atoms with E-state index in [0.717, 1.165) is 0 Å². The zero-order chi connectivity index (χ0) is 21.2. The number of hydrogen-bond acceptors (Lipinski definition) is 6. The molecule has 1 amide bonds. The van der Waals surface area contributed by atoms with E-state index in [2.05, 4.69) is 20.0 Å². The van der Waals surface area contributed by atoms with Gasteiger partial charge in [0.1, 0.15) is 10.6 Å². The van der Waals surface area contributed by atoms with Crippen LogP contribution < -0.4 is 11.1 Å². The van der Waals surface area contributed by atoms with Gasteiger partial charge in [-0.2, -0.15) is 4.31 Å². The van der Waals surface area contributed by atoms with Crippen molar-refractivity contribution in [2.24, 2.45) is 7.05 Å². The van der Waals surface area contributed by atoms with Gasteiger partial charge in [0.15, 0.2) is 5.82 Å². The molecule has 3 aromatic rings. The number of carbonyl (C=O) groups excluding carboxylic acids is 1. The van der Waals surface area contributed by atoms with E-state index in [1.54, 1.807) is 45.2 Å². The summed E-state index contributed by atoms with van der Waals surface area (Å²) in [5.74, 6) is -0.919. The topological polar surface area (TPSA) is 130 Å². The predicted molar refractivity (Wildman–Crippen MR) is 106 cm³/mol. The van der Waals surface area contributed by atoms with E-state index in [9.17, 15) is 18.0 Å². The lowest BCUT2D eigenvalue weighted by Crippen LogP contribution is -2.30. The molecule has 0 aliphatic rings. The minimum atomic E-state index is -3.67. The fourth-order valence-corrected chi connectivity index (χ4v) is 4.44. The lowest BCUT2D eigenvalue weighted by Gasteiger charge is -2.17. The van der Waals surface area contributed by atoms with Crippen molar-refractivity contribution in [3.8, 4) is 11.4 Å². The SMILES string of the molecule is CCN(CC)S(=O)(=O)c1cc(C(=O)Nc2cccc(-c3noc(=O)[nH]3)c2)n(C)c1. The monoisotopic (exact) mass is 419 g/mol. The van der Waals surface area contributed by atoms with Crippen LogP contribution in [0.25, 0.3) is 11.4 Å². The number of nitrogens with one attached hydrogen (secondary N) is 2. The maximum absolute atomic E-state index is 12.7. The average Bonchev–Trinajstić information content (AvgIpc) is 3.29. The van der Waals surface area contributed by atoms with E-state index >= 15 is 0 Å². The summed E-state index contributed by atoms with van der Waals surface area (Å²) in [6.07, 6.45) is 1.42. The van der Waals surface area contributed by atoms with Gasteiger partial charge in [-0.3, -0.25) is 14.3 Å². The van der Waals surface area contributed by atoms with E-state index in [0.29, 0.717) is 24.3 Å². The smallest absolute Gasteiger partial charge is 0.345 e. The summed E-state index contributed by atoms with van der Waals surface area (Å²) in [7, 11) is -2.07. The molecule has 2 N–H and O–H groups in total. The molecule has 2 heterocycles. The molecule has 10 nitrogen and oxygen atoms in total. The minimum Gasteiger partial charge on any atom is -0.345 e. The molecular weight excluding hydrogens is 398 g/mol. The highest BCUT2D eigenvalue weighted by molar-refractivity contribution is 7.89. The Labute approximate surface area is 167 Å². The van der Waals surface area contributed by atoms with Gasteiger partial charge < -0.3 is 9.88 Å². The number of anilines is 1. The molecule has 0 saturated heterocycles. The second-order valence-electron chi connectivity index (χ2n) is 6.24. The molecule has 0 fully saturated rings. The molecular formula is C18H21N5O5S. The number of rotatable bonds is 7. The minimum absolute atomic E-state index is 0.0581. The Morgan fingerprint density at radius 2 is 2.00 bits per heavy atom. The highest BCUT2D eigenvalue weighted by Gasteiger charge is 2.25. The fourth-order valence-electron chi connectivity index (χ4n) is 2.91. The number of amides is 1. The van der Waals surface area contributed by atoms with Crippen molar-refractivity contribution in [1.82, 2.24) is 19.0 Å². The van der Waals surface area contributed by atoms with Gasteiger partial charge in [-0.15, -0.1) is 0 Å². The third-order valence-electron chi connectivity index (χ3n) is 4.39. The number of benzene rings is 1. The van der Waals surface area contributed by atoms with Crippen LogP contribution >= 0.6 is 0 Å². The van der Waals surface area contributed by atoms with E-state index in [1.165, 1.54) is 21.1 Å². The van der Waals surface area contributed by atoms with Gasteiger partial charge in [0.25, 0.3) is 5.91 Å². The summed E-state index contributed by atoms with van der Waals surface area (Å²) >= 11 is 0. The first-order valence-corrected chi connectivity index (χ1v) is 10.3. The Bertz CT molecular complexity index is 1190. The van der Waals surface area contributed by atoms with Crippen molar-refractivity contribution >= 4 is 21.6 Å². The van der Waals surface area contributed by atoms with Crippen molar-refractivity contribution in [3.63, 3.8) is 0 Å². The third kappa shape index (κ3) is 4.15. The standard InChI is InChI=1S/C18H21N5O5S/c1-4-23(5-2)29(26,27)14-10-15(22(3)11-14)17(24)19-13-8-6-7-12(9-13)16-20-18(25)28-21-16/h6-11H,4-5H2,1-3H3,(H,19,24)(H,20,21,25). The summed E-state index contributed by atoms with van der Waals surface area (Å²) in [5.41, 5.74) is 1.19. The number of aryl methyl sites for hydroxylation is 1. The van der Waals surface area contributed by atoms with Gasteiger partial charge in [-0.1, -0.05) is 31.1 Å². The molecule has 0 bridgehead atoms. The molecule has 0 aliphatic carbocycles. The van der Waals surface area contributed by atoms with Crippen LogP contribution in [-0.2, 0) is 17.1 Å². The normalized spacial score (nSPS) is 11.7. The Morgan fingerprint density at radius 1 is 1.28 bits per heavy atom. The number of sulfonamides is 1. The van der Waals surface area contributed by atoms with Crippen LogP contribution in [0.3, 0.4) is 0 Å². The predicted octanol–water partition coefficient (Wildman–Crippen LogP) is 1.65. The number of H-pyrrole nitrogens is 1. The van der Waals surface area contributed by atoms with Gasteiger partial charge in [0, 0.05) is 37.6 Å². The molecule has 3 rings (SSSR count). The van der Waals surface area contributed by atoms with Crippen LogP contribution in [0.15, 0.2) is 50.7 Å². The van der Waals surface area contributed by atoms with Crippen LogP contribution in [0, 0.1) is 0 Å². The van der Waals surface area contributed by atoms with E-state index in [4.69, 9.17) is 0 Å². The second kappa shape index (κ2) is 8.05. The third-order valence-corrected chi connectivity index (χ3v) is 6.41. The number of aromatic nitrogens is 3. The summed E-state index contributed by atoms with van der Waals surface area (Å²) in [6.45, 7) is 4.19. The average molecular weight is 419 g/mol. The molecule has 29 heavy (non-hydrogen) atoms. The first-order chi connectivity index (χ1) is 13.8. The maximum atomic E-state index is 12.7. The van der Waals surface area contributed by atoms with Gasteiger partial charge >= 0.3 is 5.76 Å². The molecule has 0 atom stereocenters. The van der Waals surface area contributed by atoms with Gasteiger partial charge in [0.2, 0.25) is 10.0 Å². The Balaban J connectivity index is 1.85. The highest BCUT2D eigenvalue weighted by atomic mass is 32.2. The summed E-state index contributed by atoms with van der Waals surface area (Å²) in [5, 5.41) is 6.33. The number of carbonyl (C=O) groups is 1. The van der Waals surface area contributed by atoms with Crippen LogP contribution in [0.4, 0.5) is 5.69 Å². The van der Waals surface area contributed by atoms with Crippen molar-refractivity contribution in [3.05, 3.63) is 52.8 Å². The summed E-state index contributed by atoms with van der Waals surface area (Å²) in [4.78, 5) is 26.3. The van der Waals surface area contributed by atoms with Gasteiger partial charge in [-0.05, 0) is 18.2 Å². The molecule has 11 heteroatoms. The fraction of sp³-hybridized carbons (Fsp3) is 0.278. The zero-order valence-corrected chi connectivity index (χ0v) is 17.0. The largest absolute Gasteiger partial charge is 0.439 e. The Morgan fingerprint density at radius 3 is 2.62 bits per heavy atom. The summed E-state index contributed by atoms with van der Waals surface area (Å²) < 4.78 is 32.6. The first kappa shape index (κ1) is 20.6. The second-order valence-corrected chi connectivity index (χ2v) is 8.18. The van der Waals surface area contributed by atoms with E-state index in [-0.39, 0.29) is 16.4 Å². The van der Waals surface area contributed by atoms with Gasteiger partial charge in [0.05, 0.1) is 0 Å². The lowest BCUT2D eigenvalue weighted by molar-refractivity contribution is 0.101. The molecule has 0 aliphatic heterocycles. The van der Waals surface area contributed by atoms with Crippen LogP contribution in [0.5, 0.6) is 0 Å². The van der Waals surface area contributed by atoms with Crippen LogP contribution in [-0.4, -0.2) is 46.4 Å². The quantitative estimate of drug-likeness (QED) is 0.599. The Kier molecular flexibility index (Phi) is 5.71. The molecule has 0 radical (unpaired) electrons. The van der Waals surface area contributed by atoms with E-state index in [1.807, 2.05) is 0 Å². The summed E-state index contributed by atoms with van der Waals surface area (Å²) in [6, 6.07) is 8.00. The van der Waals surface area contributed by atoms with Crippen molar-refractivity contribution < 1.29 is 17.7 Å². The lowest BCUT2D eigenvalue weighted by atomic mass is 10.2. The highest BCUT2D eigenvalue weighted by Crippen LogP contribution is 2.21. The van der Waals surface area contributed by atoms with Gasteiger partial charge in [-0.25, -0.2) is 13.2 Å². The molecule has 1 aromatic carbocycles. The molecule has 0 spiro atoms. The maximum Gasteiger partial charge on any atom is 0.439 e. The zero-order valence-electron chi connectivity index (χ0n) is 16.2. The molecule has 154 valence electrons. The van der Waals surface area contributed by atoms with E-state index < -0.39 is 21.7 Å². The van der Waals surface area contributed by atoms with Crippen LogP contribution in [0.2, 0.25) is 0 Å². The van der Waals surface area contributed by atoms with Crippen molar-refractivity contribution in [2.45, 2.75) is 18.7 Å². The number of nitrogens with zero attached hydrogens (tertiary/aromatic N) is 3.